The van der Waals surface area contributed by atoms with Crippen molar-refractivity contribution in [3.05, 3.63) is 43.4 Å². The van der Waals surface area contributed by atoms with Gasteiger partial charge in [0.2, 0.25) is 0 Å². The van der Waals surface area contributed by atoms with Gasteiger partial charge in [-0.1, -0.05) is 4.68 Å². The van der Waals surface area contributed by atoms with Crippen LogP contribution in [0.2, 0.25) is 0 Å². The Morgan fingerprint density at radius 2 is 2.22 bits per heavy atom. The van der Waals surface area contributed by atoms with Crippen molar-refractivity contribution in [2.75, 3.05) is 11.5 Å². The van der Waals surface area contributed by atoms with Crippen molar-refractivity contribution in [3.8, 4) is 17.2 Å². The third kappa shape index (κ3) is 2.42. The van der Waals surface area contributed by atoms with Gasteiger partial charge in [-0.3, -0.25) is 9.32 Å². The number of thiophene rings is 2. The molecule has 4 heterocycles. The normalized spacial score (nSPS) is 11.0. The van der Waals surface area contributed by atoms with E-state index in [-0.39, 0.29) is 27.6 Å². The number of fused-ring (bicyclic) bond motifs is 1. The van der Waals surface area contributed by atoms with Crippen LogP contribution in [0, 0.1) is 11.3 Å². The first-order valence-electron chi connectivity index (χ1n) is 7.50. The summed E-state index contributed by atoms with van der Waals surface area (Å²) in [5.74, 6) is -0.542. The number of aromatic nitrogens is 3. The first-order chi connectivity index (χ1) is 12.9. The molecule has 4 rings (SSSR count). The summed E-state index contributed by atoms with van der Waals surface area (Å²) in [4.78, 5) is 29.5. The molecule has 0 aromatic carbocycles. The maximum absolute atomic E-state index is 12.9. The molecule has 27 heavy (non-hydrogen) atoms. The van der Waals surface area contributed by atoms with Gasteiger partial charge in [0, 0.05) is 10.9 Å². The summed E-state index contributed by atoms with van der Waals surface area (Å²) in [6.45, 7) is 0. The third-order valence-electron chi connectivity index (χ3n) is 4.05. The largest absolute Gasteiger partial charge is 0.438 e. The second-order valence-corrected chi connectivity index (χ2v) is 7.39. The number of nitrogens with one attached hydrogen (secondary N) is 1. The van der Waals surface area contributed by atoms with Gasteiger partial charge in [0.25, 0.3) is 5.78 Å². The third-order valence-corrected chi connectivity index (χ3v) is 5.83. The molecule has 0 aliphatic carbocycles. The Labute approximate surface area is 159 Å². The molecule has 11 heteroatoms. The Morgan fingerprint density at radius 3 is 2.81 bits per heavy atom. The van der Waals surface area contributed by atoms with Crippen molar-refractivity contribution in [1.82, 2.24) is 10.3 Å². The van der Waals surface area contributed by atoms with E-state index in [9.17, 15) is 14.9 Å². The lowest BCUT2D eigenvalue weighted by molar-refractivity contribution is -0.741. The highest BCUT2D eigenvalue weighted by molar-refractivity contribution is 7.21. The fourth-order valence-electron chi connectivity index (χ4n) is 2.84. The van der Waals surface area contributed by atoms with Gasteiger partial charge >= 0.3 is 11.3 Å². The maximum Gasteiger partial charge on any atom is 0.438 e. The van der Waals surface area contributed by atoms with E-state index in [4.69, 9.17) is 11.5 Å². The standard InChI is InChI=1S/C16H10N6O3S2/c1-22-11(16(24)25-21-22)12(23)13-10(18)9-8(6-2-3-26-5-6)7(4-17)14(19)20-15(9)27-13/h2-3,5H,1H3,(H4-,18,19,20,21,23,24)/p+1. The molecule has 4 aromatic rings. The van der Waals surface area contributed by atoms with E-state index in [1.54, 1.807) is 0 Å². The van der Waals surface area contributed by atoms with E-state index in [0.29, 0.717) is 15.8 Å². The molecule has 0 amide bonds. The van der Waals surface area contributed by atoms with Crippen molar-refractivity contribution in [2.45, 2.75) is 0 Å². The van der Waals surface area contributed by atoms with Gasteiger partial charge in [-0.15, -0.1) is 11.3 Å². The Bertz CT molecular complexity index is 1310. The van der Waals surface area contributed by atoms with E-state index in [2.05, 4.69) is 20.8 Å². The molecule has 134 valence electrons. The number of hydrogen-bond acceptors (Lipinski definition) is 9. The number of aryl methyl sites for hydroxylation is 1. The minimum atomic E-state index is -0.803. The molecule has 0 fully saturated rings. The van der Waals surface area contributed by atoms with E-state index < -0.39 is 11.4 Å². The van der Waals surface area contributed by atoms with Crippen molar-refractivity contribution in [1.29, 1.82) is 5.26 Å². The summed E-state index contributed by atoms with van der Waals surface area (Å²) < 4.78 is 5.82. The molecule has 0 spiro atoms. The van der Waals surface area contributed by atoms with Crippen LogP contribution in [0.15, 0.2) is 26.1 Å². The molecule has 4 aromatic heterocycles. The number of carbonyl (C=O) groups excluding carboxylic acids is 1. The van der Waals surface area contributed by atoms with Crippen molar-refractivity contribution in [3.63, 3.8) is 0 Å². The Morgan fingerprint density at radius 1 is 1.44 bits per heavy atom. The van der Waals surface area contributed by atoms with Crippen LogP contribution in [0.1, 0.15) is 20.9 Å². The molecular weight excluding hydrogens is 388 g/mol. The quantitative estimate of drug-likeness (QED) is 0.347. The molecule has 0 aliphatic rings. The second kappa shape index (κ2) is 6.04. The van der Waals surface area contributed by atoms with Crippen LogP contribution in [0.5, 0.6) is 0 Å². The second-order valence-electron chi connectivity index (χ2n) is 5.61. The molecule has 0 unspecified atom stereocenters. The lowest BCUT2D eigenvalue weighted by Gasteiger charge is -2.07. The smallest absolute Gasteiger partial charge is 0.397 e. The van der Waals surface area contributed by atoms with Crippen molar-refractivity contribution in [2.24, 2.45) is 7.05 Å². The van der Waals surface area contributed by atoms with Gasteiger partial charge in [-0.05, 0) is 27.7 Å². The molecule has 0 aliphatic heterocycles. The number of carbonyl (C=O) groups is 1. The summed E-state index contributed by atoms with van der Waals surface area (Å²) in [6, 6.07) is 3.90. The highest BCUT2D eigenvalue weighted by Gasteiger charge is 2.33. The van der Waals surface area contributed by atoms with E-state index >= 15 is 0 Å². The monoisotopic (exact) mass is 399 g/mol. The Balaban J connectivity index is 2.06. The highest BCUT2D eigenvalue weighted by atomic mass is 32.1. The molecule has 0 bridgehead atoms. The highest BCUT2D eigenvalue weighted by Crippen LogP contribution is 2.43. The average Bonchev–Trinajstić information content (AvgIpc) is 3.34. The van der Waals surface area contributed by atoms with Crippen LogP contribution < -0.4 is 21.8 Å². The lowest BCUT2D eigenvalue weighted by atomic mass is 9.99. The molecule has 5 N–H and O–H groups in total. The minimum absolute atomic E-state index is 0.0539. The fraction of sp³-hybridized carbons (Fsp3) is 0.0625. The molecule has 9 nitrogen and oxygen atoms in total. The minimum Gasteiger partial charge on any atom is -0.397 e. The van der Waals surface area contributed by atoms with Gasteiger partial charge in [0.15, 0.2) is 7.05 Å². The van der Waals surface area contributed by atoms with E-state index in [0.717, 1.165) is 16.9 Å². The van der Waals surface area contributed by atoms with Crippen LogP contribution >= 0.6 is 22.7 Å². The molecule has 0 saturated carbocycles. The van der Waals surface area contributed by atoms with Crippen LogP contribution in [-0.4, -0.2) is 16.0 Å². The number of hydrogen-bond donors (Lipinski definition) is 3. The zero-order valence-electron chi connectivity index (χ0n) is 13.8. The zero-order chi connectivity index (χ0) is 19.3. The SMILES string of the molecule is C[n+]1[nH]oc(=O)c1C(=O)c1sc2nc(N)c(C#N)c(-c3ccsc3)c2c1N. The first-order valence-corrected chi connectivity index (χ1v) is 9.26. The number of rotatable bonds is 3. The average molecular weight is 399 g/mol. The predicted octanol–water partition coefficient (Wildman–Crippen LogP) is 1.40. The van der Waals surface area contributed by atoms with Crippen LogP contribution in [-0.2, 0) is 7.05 Å². The molecule has 0 saturated heterocycles. The molecule has 0 atom stereocenters. The van der Waals surface area contributed by atoms with Crippen LogP contribution in [0.3, 0.4) is 0 Å². The number of nitriles is 1. The van der Waals surface area contributed by atoms with Gasteiger partial charge in [0.1, 0.15) is 27.2 Å². The number of nitrogens with two attached hydrogens (primary N) is 2. The van der Waals surface area contributed by atoms with E-state index in [1.165, 1.54) is 23.1 Å². The molecular formula is C16H11N6O3S2+. The summed E-state index contributed by atoms with van der Waals surface area (Å²) >= 11 is 2.47. The zero-order valence-corrected chi connectivity index (χ0v) is 15.4. The number of H-pyrrole nitrogens is 1. The van der Waals surface area contributed by atoms with Gasteiger partial charge in [-0.2, -0.15) is 16.6 Å². The summed E-state index contributed by atoms with van der Waals surface area (Å²) in [6.07, 6.45) is 0. The molecule has 0 radical (unpaired) electrons. The topological polar surface area (TPSA) is 156 Å². The number of pyridine rings is 1. The summed E-state index contributed by atoms with van der Waals surface area (Å²) in [5, 5.41) is 16.0. The number of ketones is 1. The number of aromatic amines is 1. The summed E-state index contributed by atoms with van der Waals surface area (Å²) in [5.41, 5.74) is 12.9. The summed E-state index contributed by atoms with van der Waals surface area (Å²) in [7, 11) is 1.47. The lowest BCUT2D eigenvalue weighted by Crippen LogP contribution is -2.39. The Hall–Kier alpha value is -3.49. The van der Waals surface area contributed by atoms with Gasteiger partial charge in [0.05, 0.1) is 5.69 Å². The van der Waals surface area contributed by atoms with Crippen LogP contribution in [0.25, 0.3) is 21.3 Å². The fourth-order valence-corrected chi connectivity index (χ4v) is 4.54. The predicted molar refractivity (Wildman–Crippen MR) is 100 cm³/mol. The van der Waals surface area contributed by atoms with Crippen molar-refractivity contribution < 1.29 is 14.0 Å². The van der Waals surface area contributed by atoms with Crippen LogP contribution in [0.4, 0.5) is 11.5 Å². The van der Waals surface area contributed by atoms with E-state index in [1.807, 2.05) is 16.8 Å². The first kappa shape index (κ1) is 17.0. The number of nitrogen functional groups attached to an aromatic ring is 2. The van der Waals surface area contributed by atoms with Crippen molar-refractivity contribution >= 4 is 50.2 Å². The maximum atomic E-state index is 12.9. The Kier molecular flexibility index (Phi) is 3.79. The number of nitrogens with zero attached hydrogens (tertiary/aromatic N) is 3. The van der Waals surface area contributed by atoms with Gasteiger partial charge in [-0.25, -0.2) is 9.78 Å². The van der Waals surface area contributed by atoms with Gasteiger partial charge < -0.3 is 11.5 Å². The number of anilines is 2.